The number of nitrogens with zero attached hydrogens (tertiary/aromatic N) is 2. The van der Waals surface area contributed by atoms with Crippen molar-refractivity contribution in [2.75, 3.05) is 12.4 Å². The average molecular weight is 543 g/mol. The molecule has 9 heteroatoms. The van der Waals surface area contributed by atoms with E-state index in [1.54, 1.807) is 42.3 Å². The number of ether oxygens (including phenoxy) is 2. The van der Waals surface area contributed by atoms with Gasteiger partial charge in [-0.05, 0) is 48.0 Å². The van der Waals surface area contributed by atoms with Gasteiger partial charge in [-0.3, -0.25) is 9.48 Å². The summed E-state index contributed by atoms with van der Waals surface area (Å²) in [6, 6.07) is 20.4. The molecule has 0 saturated carbocycles. The monoisotopic (exact) mass is 541 g/mol. The average Bonchev–Trinajstić information content (AvgIpc) is 3.22. The fraction of sp³-hybridized carbons (Fsp3) is 0.111. The summed E-state index contributed by atoms with van der Waals surface area (Å²) >= 11 is 18.8. The van der Waals surface area contributed by atoms with Crippen LogP contribution in [0.3, 0.4) is 0 Å². The lowest BCUT2D eigenvalue weighted by atomic mass is 10.1. The lowest BCUT2D eigenvalue weighted by Gasteiger charge is -2.11. The number of nitrogens with one attached hydrogen (secondary N) is 1. The third-order valence-electron chi connectivity index (χ3n) is 5.21. The van der Waals surface area contributed by atoms with Crippen molar-refractivity contribution < 1.29 is 14.3 Å². The minimum atomic E-state index is -0.379. The number of carbonyl (C=O) groups is 1. The van der Waals surface area contributed by atoms with E-state index in [-0.39, 0.29) is 11.7 Å². The minimum absolute atomic E-state index is 0.237. The Morgan fingerprint density at radius 3 is 2.47 bits per heavy atom. The van der Waals surface area contributed by atoms with Crippen LogP contribution >= 0.6 is 34.8 Å². The van der Waals surface area contributed by atoms with Gasteiger partial charge < -0.3 is 14.8 Å². The maximum absolute atomic E-state index is 12.5. The first-order valence-electron chi connectivity index (χ1n) is 10.9. The number of hydrogen-bond acceptors (Lipinski definition) is 4. The molecule has 6 nitrogen and oxygen atoms in total. The van der Waals surface area contributed by atoms with Crippen LogP contribution in [0.2, 0.25) is 15.1 Å². The van der Waals surface area contributed by atoms with Crippen molar-refractivity contribution in [3.8, 4) is 11.5 Å². The van der Waals surface area contributed by atoms with Gasteiger partial charge in [-0.25, -0.2) is 0 Å². The molecule has 0 saturated heterocycles. The van der Waals surface area contributed by atoms with E-state index in [4.69, 9.17) is 44.3 Å². The normalized spacial score (nSPS) is 11.0. The van der Waals surface area contributed by atoms with Gasteiger partial charge in [-0.15, -0.1) is 0 Å². The summed E-state index contributed by atoms with van der Waals surface area (Å²) in [6.45, 7) is 0.632. The van der Waals surface area contributed by atoms with Gasteiger partial charge in [0, 0.05) is 33.4 Å². The Labute approximate surface area is 224 Å². The standard InChI is InChI=1S/C27H22Cl3N3O3/c1-35-25-12-10-18(14-19(25)17-36-20-6-3-2-4-7-20)11-13-26(34)31-27-24(30)16-33(32-27)15-21-22(28)8-5-9-23(21)29/h2-14,16H,15,17H2,1H3,(H,31,32,34)/b13-11+. The number of halogens is 3. The zero-order valence-electron chi connectivity index (χ0n) is 19.3. The Kier molecular flexibility index (Phi) is 8.54. The second-order valence-corrected chi connectivity index (χ2v) is 8.94. The molecule has 1 heterocycles. The van der Waals surface area contributed by atoms with E-state index in [9.17, 15) is 4.79 Å². The first kappa shape index (κ1) is 25.6. The summed E-state index contributed by atoms with van der Waals surface area (Å²) in [4.78, 5) is 12.5. The van der Waals surface area contributed by atoms with E-state index in [2.05, 4.69) is 10.4 Å². The van der Waals surface area contributed by atoms with Gasteiger partial charge in [0.05, 0.1) is 13.7 Å². The van der Waals surface area contributed by atoms with Gasteiger partial charge >= 0.3 is 0 Å². The topological polar surface area (TPSA) is 65.4 Å². The molecule has 184 valence electrons. The van der Waals surface area contributed by atoms with Crippen LogP contribution in [0.5, 0.6) is 11.5 Å². The molecule has 0 aliphatic heterocycles. The minimum Gasteiger partial charge on any atom is -0.496 e. The summed E-state index contributed by atoms with van der Waals surface area (Å²) in [6.07, 6.45) is 4.70. The first-order valence-corrected chi connectivity index (χ1v) is 12.1. The molecule has 1 amide bonds. The number of hydrogen-bond donors (Lipinski definition) is 1. The van der Waals surface area contributed by atoms with E-state index >= 15 is 0 Å². The number of anilines is 1. The molecule has 0 unspecified atom stereocenters. The summed E-state index contributed by atoms with van der Waals surface area (Å²) in [5.41, 5.74) is 2.37. The number of para-hydroxylation sites is 1. The largest absolute Gasteiger partial charge is 0.496 e. The van der Waals surface area contributed by atoms with Gasteiger partial charge in [0.15, 0.2) is 5.82 Å². The van der Waals surface area contributed by atoms with Crippen molar-refractivity contribution in [2.24, 2.45) is 0 Å². The van der Waals surface area contributed by atoms with Crippen LogP contribution < -0.4 is 14.8 Å². The molecule has 1 aromatic heterocycles. The third kappa shape index (κ3) is 6.61. The molecule has 1 N–H and O–H groups in total. The Hall–Kier alpha value is -3.45. The van der Waals surface area contributed by atoms with Crippen molar-refractivity contribution in [1.82, 2.24) is 9.78 Å². The second-order valence-electron chi connectivity index (χ2n) is 7.72. The maximum Gasteiger partial charge on any atom is 0.249 e. The highest BCUT2D eigenvalue weighted by Gasteiger charge is 2.12. The number of methoxy groups -OCH3 is 1. The molecule has 0 radical (unpaired) electrons. The molecule has 0 aliphatic rings. The summed E-state index contributed by atoms with van der Waals surface area (Å²) in [5, 5.41) is 8.38. The number of benzene rings is 3. The highest BCUT2D eigenvalue weighted by atomic mass is 35.5. The lowest BCUT2D eigenvalue weighted by Crippen LogP contribution is -2.10. The molecule has 0 aliphatic carbocycles. The smallest absolute Gasteiger partial charge is 0.249 e. The van der Waals surface area contributed by atoms with Crippen molar-refractivity contribution in [3.63, 3.8) is 0 Å². The first-order chi connectivity index (χ1) is 17.4. The highest BCUT2D eigenvalue weighted by Crippen LogP contribution is 2.27. The van der Waals surface area contributed by atoms with Crippen LogP contribution in [-0.4, -0.2) is 22.8 Å². The van der Waals surface area contributed by atoms with E-state index in [0.29, 0.717) is 39.5 Å². The van der Waals surface area contributed by atoms with E-state index in [0.717, 1.165) is 16.9 Å². The van der Waals surface area contributed by atoms with Crippen molar-refractivity contribution in [1.29, 1.82) is 0 Å². The third-order valence-corrected chi connectivity index (χ3v) is 6.19. The van der Waals surface area contributed by atoms with Crippen LogP contribution in [0, 0.1) is 0 Å². The SMILES string of the molecule is COc1ccc(/C=C/C(=O)Nc2nn(Cc3c(Cl)cccc3Cl)cc2Cl)cc1COc1ccccc1. The fourth-order valence-electron chi connectivity index (χ4n) is 3.43. The molecule has 3 aromatic carbocycles. The lowest BCUT2D eigenvalue weighted by molar-refractivity contribution is -0.111. The van der Waals surface area contributed by atoms with Gasteiger partial charge in [-0.1, -0.05) is 65.1 Å². The molecule has 0 spiro atoms. The zero-order chi connectivity index (χ0) is 25.5. The van der Waals surface area contributed by atoms with E-state index < -0.39 is 0 Å². The van der Waals surface area contributed by atoms with E-state index in [1.807, 2.05) is 48.5 Å². The Bertz CT molecular complexity index is 1370. The molecule has 4 aromatic rings. The van der Waals surface area contributed by atoms with Crippen LogP contribution in [-0.2, 0) is 17.9 Å². The number of amides is 1. The number of aromatic nitrogens is 2. The summed E-state index contributed by atoms with van der Waals surface area (Å²) in [5.74, 6) is 1.31. The van der Waals surface area contributed by atoms with Crippen molar-refractivity contribution >= 4 is 52.6 Å². The van der Waals surface area contributed by atoms with Crippen LogP contribution in [0.1, 0.15) is 16.7 Å². The molecule has 4 rings (SSSR count). The molecular formula is C27H22Cl3N3O3. The fourth-order valence-corrected chi connectivity index (χ4v) is 4.15. The summed E-state index contributed by atoms with van der Waals surface area (Å²) in [7, 11) is 1.60. The Balaban J connectivity index is 1.41. The molecular weight excluding hydrogens is 521 g/mol. The predicted molar refractivity (Wildman–Crippen MR) is 144 cm³/mol. The Morgan fingerprint density at radius 1 is 1.00 bits per heavy atom. The maximum atomic E-state index is 12.5. The second kappa shape index (κ2) is 12.0. The highest BCUT2D eigenvalue weighted by molar-refractivity contribution is 6.36. The zero-order valence-corrected chi connectivity index (χ0v) is 21.5. The van der Waals surface area contributed by atoms with Crippen LogP contribution in [0.15, 0.2) is 79.0 Å². The molecule has 0 atom stereocenters. The van der Waals surface area contributed by atoms with Gasteiger partial charge in [0.1, 0.15) is 23.1 Å². The van der Waals surface area contributed by atoms with Gasteiger partial charge in [-0.2, -0.15) is 5.10 Å². The predicted octanol–water partition coefficient (Wildman–Crippen LogP) is 7.13. The quantitative estimate of drug-likeness (QED) is 0.229. The number of rotatable bonds is 9. The molecule has 0 bridgehead atoms. The molecule has 36 heavy (non-hydrogen) atoms. The van der Waals surface area contributed by atoms with Crippen LogP contribution in [0.4, 0.5) is 5.82 Å². The van der Waals surface area contributed by atoms with Crippen LogP contribution in [0.25, 0.3) is 6.08 Å². The van der Waals surface area contributed by atoms with Gasteiger partial charge in [0.2, 0.25) is 5.91 Å². The number of carbonyl (C=O) groups excluding carboxylic acids is 1. The summed E-state index contributed by atoms with van der Waals surface area (Å²) < 4.78 is 12.8. The van der Waals surface area contributed by atoms with Gasteiger partial charge in [0.25, 0.3) is 0 Å². The van der Waals surface area contributed by atoms with Crippen molar-refractivity contribution in [3.05, 3.63) is 111 Å². The van der Waals surface area contributed by atoms with E-state index in [1.165, 1.54) is 6.08 Å². The van der Waals surface area contributed by atoms with Crippen molar-refractivity contribution in [2.45, 2.75) is 13.2 Å². The molecule has 0 fully saturated rings. The Morgan fingerprint density at radius 2 is 1.75 bits per heavy atom.